The molecule has 0 atom stereocenters. The molecule has 0 saturated carbocycles. The summed E-state index contributed by atoms with van der Waals surface area (Å²) in [5.41, 5.74) is 6.81. The van der Waals surface area contributed by atoms with Crippen LogP contribution in [0.1, 0.15) is 16.7 Å². The van der Waals surface area contributed by atoms with Gasteiger partial charge >= 0.3 is 12.2 Å². The van der Waals surface area contributed by atoms with Crippen LogP contribution in [-0.2, 0) is 12.7 Å². The monoisotopic (exact) mass is 308 g/mol. The maximum absolute atomic E-state index is 13.0. The maximum Gasteiger partial charge on any atom is 0.416 e. The van der Waals surface area contributed by atoms with E-state index in [1.54, 1.807) is 0 Å². The van der Waals surface area contributed by atoms with Gasteiger partial charge in [-0.15, -0.1) is 0 Å². The number of hydrogen-bond acceptors (Lipinski definition) is 5. The summed E-state index contributed by atoms with van der Waals surface area (Å²) in [6, 6.07) is 2.20. The van der Waals surface area contributed by atoms with E-state index in [0.29, 0.717) is 22.3 Å². The Labute approximate surface area is 123 Å². The number of methoxy groups -OCH3 is 1. The number of hydrogen-bond donors (Lipinski definition) is 1. The van der Waals surface area contributed by atoms with Crippen molar-refractivity contribution in [2.45, 2.75) is 12.7 Å². The summed E-state index contributed by atoms with van der Waals surface area (Å²) in [6.45, 7) is 0.211. The molecular weight excluding hydrogens is 297 g/mol. The van der Waals surface area contributed by atoms with E-state index in [9.17, 15) is 13.2 Å². The number of anilines is 1. The topological polar surface area (TPSA) is 73.4 Å². The second-order valence-electron chi connectivity index (χ2n) is 4.72. The smallest absolute Gasteiger partial charge is 0.416 e. The van der Waals surface area contributed by atoms with Gasteiger partial charge in [-0.2, -0.15) is 18.2 Å². The van der Waals surface area contributed by atoms with E-state index >= 15 is 0 Å². The van der Waals surface area contributed by atoms with Crippen LogP contribution >= 0.6 is 0 Å². The van der Waals surface area contributed by atoms with Gasteiger partial charge in [-0.1, -0.05) is 0 Å². The summed E-state index contributed by atoms with van der Waals surface area (Å²) in [7, 11) is 1.38. The van der Waals surface area contributed by atoms with Gasteiger partial charge < -0.3 is 10.5 Å². The number of fused-ring (bicyclic) bond motifs is 1. The SMILES string of the molecule is COc1ncc(-c2cc(C(F)(F)F)cc3c2C=NC3)c(N)n1. The van der Waals surface area contributed by atoms with Crippen LogP contribution in [-0.4, -0.2) is 23.3 Å². The Balaban J connectivity index is 2.22. The number of ether oxygens (including phenoxy) is 1. The molecular formula is C14H11F3N4O. The zero-order valence-electron chi connectivity index (χ0n) is 11.5. The number of benzene rings is 1. The van der Waals surface area contributed by atoms with Crippen LogP contribution in [0.15, 0.2) is 23.3 Å². The van der Waals surface area contributed by atoms with Crippen LogP contribution in [0, 0.1) is 0 Å². The first kappa shape index (κ1) is 14.3. The van der Waals surface area contributed by atoms with Gasteiger partial charge in [-0.05, 0) is 23.3 Å². The standard InChI is InChI=1S/C14H11F3N4O/c1-22-13-20-6-11(12(18)21-13)9-3-8(14(15,16)17)2-7-4-19-5-10(7)9/h2-3,5-6H,4H2,1H3,(H2,18,20,21). The molecule has 2 N–H and O–H groups in total. The molecule has 22 heavy (non-hydrogen) atoms. The third-order valence-electron chi connectivity index (χ3n) is 3.34. The molecule has 1 aliphatic rings. The first-order valence-electron chi connectivity index (χ1n) is 6.31. The molecule has 5 nitrogen and oxygen atoms in total. The number of aliphatic imine (C=N–C) groups is 1. The van der Waals surface area contributed by atoms with E-state index in [4.69, 9.17) is 10.5 Å². The average Bonchev–Trinajstić information content (AvgIpc) is 2.93. The molecule has 0 bridgehead atoms. The number of alkyl halides is 3. The Morgan fingerprint density at radius 2 is 2.00 bits per heavy atom. The van der Waals surface area contributed by atoms with E-state index in [-0.39, 0.29) is 18.4 Å². The van der Waals surface area contributed by atoms with Gasteiger partial charge in [0.2, 0.25) is 0 Å². The van der Waals surface area contributed by atoms with E-state index < -0.39 is 11.7 Å². The molecule has 0 radical (unpaired) electrons. The molecule has 114 valence electrons. The first-order valence-corrected chi connectivity index (χ1v) is 6.31. The molecule has 1 aromatic heterocycles. The van der Waals surface area contributed by atoms with E-state index in [2.05, 4.69) is 15.0 Å². The fourth-order valence-electron chi connectivity index (χ4n) is 2.30. The minimum Gasteiger partial charge on any atom is -0.467 e. The highest BCUT2D eigenvalue weighted by Crippen LogP contribution is 2.38. The maximum atomic E-state index is 13.0. The van der Waals surface area contributed by atoms with Crippen LogP contribution in [0.5, 0.6) is 6.01 Å². The molecule has 2 aromatic rings. The molecule has 0 unspecified atom stereocenters. The average molecular weight is 308 g/mol. The number of nitrogens with two attached hydrogens (primary N) is 1. The quantitative estimate of drug-likeness (QED) is 0.925. The van der Waals surface area contributed by atoms with E-state index in [0.717, 1.165) is 12.1 Å². The number of aromatic nitrogens is 2. The Morgan fingerprint density at radius 1 is 1.23 bits per heavy atom. The zero-order chi connectivity index (χ0) is 15.9. The minimum atomic E-state index is -4.45. The lowest BCUT2D eigenvalue weighted by Crippen LogP contribution is -2.08. The lowest BCUT2D eigenvalue weighted by atomic mass is 9.95. The van der Waals surface area contributed by atoms with Crippen molar-refractivity contribution < 1.29 is 17.9 Å². The van der Waals surface area contributed by atoms with E-state index in [1.165, 1.54) is 19.5 Å². The fourth-order valence-corrected chi connectivity index (χ4v) is 2.30. The Bertz CT molecular complexity index is 771. The highest BCUT2D eigenvalue weighted by molar-refractivity contribution is 5.96. The van der Waals surface area contributed by atoms with Gasteiger partial charge in [0.25, 0.3) is 0 Å². The predicted molar refractivity (Wildman–Crippen MR) is 74.7 cm³/mol. The fraction of sp³-hybridized carbons (Fsp3) is 0.214. The number of rotatable bonds is 2. The molecule has 8 heteroatoms. The van der Waals surface area contributed by atoms with Crippen LogP contribution in [0.25, 0.3) is 11.1 Å². The van der Waals surface area contributed by atoms with Gasteiger partial charge in [0.05, 0.1) is 19.2 Å². The lowest BCUT2D eigenvalue weighted by Gasteiger charge is -2.14. The molecule has 0 fully saturated rings. The van der Waals surface area contributed by atoms with Crippen LogP contribution in [0.2, 0.25) is 0 Å². The third kappa shape index (κ3) is 2.36. The molecule has 2 heterocycles. The first-order chi connectivity index (χ1) is 10.4. The van der Waals surface area contributed by atoms with Crippen molar-refractivity contribution in [2.24, 2.45) is 4.99 Å². The molecule has 0 spiro atoms. The molecule has 0 saturated heterocycles. The van der Waals surface area contributed by atoms with Crippen molar-refractivity contribution in [3.8, 4) is 17.1 Å². The lowest BCUT2D eigenvalue weighted by molar-refractivity contribution is -0.137. The molecule has 1 aromatic carbocycles. The van der Waals surface area contributed by atoms with Crippen molar-refractivity contribution >= 4 is 12.0 Å². The van der Waals surface area contributed by atoms with Gasteiger partial charge in [0.1, 0.15) is 5.82 Å². The summed E-state index contributed by atoms with van der Waals surface area (Å²) in [5.74, 6) is 0.0497. The molecule has 0 aliphatic carbocycles. The molecule has 0 amide bonds. The minimum absolute atomic E-state index is 0.0497. The normalized spacial score (nSPS) is 13.3. The van der Waals surface area contributed by atoms with Gasteiger partial charge in [0, 0.05) is 23.5 Å². The largest absolute Gasteiger partial charge is 0.467 e. The summed E-state index contributed by atoms with van der Waals surface area (Å²) in [4.78, 5) is 11.8. The number of nitrogen functional groups attached to an aromatic ring is 1. The van der Waals surface area contributed by atoms with Gasteiger partial charge in [-0.3, -0.25) is 4.99 Å². The van der Waals surface area contributed by atoms with Crippen LogP contribution in [0.3, 0.4) is 0 Å². The highest BCUT2D eigenvalue weighted by Gasteiger charge is 2.33. The summed E-state index contributed by atoms with van der Waals surface area (Å²) in [6.07, 6.45) is -1.56. The van der Waals surface area contributed by atoms with Crippen LogP contribution < -0.4 is 10.5 Å². The number of halogens is 3. The Morgan fingerprint density at radius 3 is 2.64 bits per heavy atom. The van der Waals surface area contributed by atoms with Gasteiger partial charge in [0.15, 0.2) is 0 Å². The van der Waals surface area contributed by atoms with Crippen molar-refractivity contribution in [3.63, 3.8) is 0 Å². The van der Waals surface area contributed by atoms with Crippen molar-refractivity contribution in [1.82, 2.24) is 9.97 Å². The molecule has 1 aliphatic heterocycles. The summed E-state index contributed by atoms with van der Waals surface area (Å²) in [5, 5.41) is 0. The van der Waals surface area contributed by atoms with Crippen molar-refractivity contribution in [1.29, 1.82) is 0 Å². The number of nitrogens with zero attached hydrogens (tertiary/aromatic N) is 3. The second kappa shape index (κ2) is 4.97. The highest BCUT2D eigenvalue weighted by atomic mass is 19.4. The van der Waals surface area contributed by atoms with E-state index in [1.807, 2.05) is 0 Å². The summed E-state index contributed by atoms with van der Waals surface area (Å²) >= 11 is 0. The predicted octanol–water partition coefficient (Wildman–Crippen LogP) is 2.69. The van der Waals surface area contributed by atoms with Crippen molar-refractivity contribution in [2.75, 3.05) is 12.8 Å². The van der Waals surface area contributed by atoms with Crippen LogP contribution in [0.4, 0.5) is 19.0 Å². The second-order valence-corrected chi connectivity index (χ2v) is 4.72. The van der Waals surface area contributed by atoms with Crippen molar-refractivity contribution in [3.05, 3.63) is 35.0 Å². The van der Waals surface area contributed by atoms with Gasteiger partial charge in [-0.25, -0.2) is 4.98 Å². The molecule has 3 rings (SSSR count). The zero-order valence-corrected chi connectivity index (χ0v) is 11.5. The Hall–Kier alpha value is -2.64. The summed E-state index contributed by atoms with van der Waals surface area (Å²) < 4.78 is 44.0. The third-order valence-corrected chi connectivity index (χ3v) is 3.34. The Kier molecular flexibility index (Phi) is 3.23.